The van der Waals surface area contributed by atoms with Gasteiger partial charge in [0.2, 0.25) is 0 Å². The van der Waals surface area contributed by atoms with Crippen LogP contribution in [-0.4, -0.2) is 17.1 Å². The molecule has 1 aliphatic rings. The minimum absolute atomic E-state index is 0.00477. The van der Waals surface area contributed by atoms with E-state index in [2.05, 4.69) is 20.8 Å². The van der Waals surface area contributed by atoms with E-state index in [0.29, 0.717) is 5.92 Å². The van der Waals surface area contributed by atoms with Crippen LogP contribution in [0.4, 0.5) is 0 Å². The molecule has 1 rings (SSSR count). The van der Waals surface area contributed by atoms with Crippen LogP contribution >= 0.6 is 0 Å². The van der Waals surface area contributed by atoms with Gasteiger partial charge in [0.25, 0.3) is 0 Å². The van der Waals surface area contributed by atoms with Crippen molar-refractivity contribution in [3.63, 3.8) is 0 Å². The third kappa shape index (κ3) is 1.34. The molecule has 0 heterocycles. The van der Waals surface area contributed by atoms with Gasteiger partial charge in [-0.1, -0.05) is 27.7 Å². The summed E-state index contributed by atoms with van der Waals surface area (Å²) in [5.74, 6) is -0.340. The molecule has 1 aliphatic carbocycles. The SMILES string of the molecule is C[C@H]1CC[C@@](C)(C(N)C(=O)O)C1(C)C. The molecular formula is C11H21NO2. The van der Waals surface area contributed by atoms with Crippen molar-refractivity contribution in [3.8, 4) is 0 Å². The van der Waals surface area contributed by atoms with E-state index in [1.165, 1.54) is 0 Å². The molecule has 0 aromatic heterocycles. The summed E-state index contributed by atoms with van der Waals surface area (Å²) in [7, 11) is 0. The third-order valence-electron chi connectivity index (χ3n) is 4.75. The molecule has 0 aliphatic heterocycles. The van der Waals surface area contributed by atoms with Crippen LogP contribution in [0.2, 0.25) is 0 Å². The number of nitrogens with two attached hydrogens (primary N) is 1. The Hall–Kier alpha value is -0.570. The van der Waals surface area contributed by atoms with Gasteiger partial charge in [-0.3, -0.25) is 4.79 Å². The molecule has 0 radical (unpaired) electrons. The van der Waals surface area contributed by atoms with Crippen molar-refractivity contribution >= 4 is 5.97 Å². The molecule has 82 valence electrons. The first-order valence-electron chi connectivity index (χ1n) is 5.22. The van der Waals surface area contributed by atoms with Crippen molar-refractivity contribution in [1.29, 1.82) is 0 Å². The van der Waals surface area contributed by atoms with Crippen LogP contribution in [0.1, 0.15) is 40.5 Å². The lowest BCUT2D eigenvalue weighted by molar-refractivity contribution is -0.144. The van der Waals surface area contributed by atoms with Crippen LogP contribution in [0, 0.1) is 16.7 Å². The zero-order valence-corrected chi connectivity index (χ0v) is 9.50. The molecule has 3 heteroatoms. The molecule has 0 spiro atoms. The van der Waals surface area contributed by atoms with Gasteiger partial charge in [0.1, 0.15) is 6.04 Å². The number of carboxylic acids is 1. The van der Waals surface area contributed by atoms with E-state index in [0.717, 1.165) is 12.8 Å². The number of aliphatic carboxylic acids is 1. The van der Waals surface area contributed by atoms with E-state index in [4.69, 9.17) is 10.8 Å². The second kappa shape index (κ2) is 3.23. The molecule has 1 unspecified atom stereocenters. The zero-order chi connectivity index (χ0) is 11.1. The fourth-order valence-corrected chi connectivity index (χ4v) is 2.59. The smallest absolute Gasteiger partial charge is 0.321 e. The molecular weight excluding hydrogens is 178 g/mol. The van der Waals surface area contributed by atoms with E-state index in [9.17, 15) is 4.79 Å². The number of hydrogen-bond acceptors (Lipinski definition) is 2. The van der Waals surface area contributed by atoms with Gasteiger partial charge in [-0.25, -0.2) is 0 Å². The average molecular weight is 199 g/mol. The maximum absolute atomic E-state index is 11.0. The highest BCUT2D eigenvalue weighted by Crippen LogP contribution is 2.56. The van der Waals surface area contributed by atoms with Crippen molar-refractivity contribution in [2.75, 3.05) is 0 Å². The molecule has 14 heavy (non-hydrogen) atoms. The average Bonchev–Trinajstić information content (AvgIpc) is 2.29. The lowest BCUT2D eigenvalue weighted by Gasteiger charge is -2.43. The quantitative estimate of drug-likeness (QED) is 0.713. The molecule has 3 nitrogen and oxygen atoms in total. The van der Waals surface area contributed by atoms with Crippen molar-refractivity contribution in [1.82, 2.24) is 0 Å². The first kappa shape index (κ1) is 11.5. The summed E-state index contributed by atoms with van der Waals surface area (Å²) in [5, 5.41) is 9.00. The lowest BCUT2D eigenvalue weighted by atomic mass is 9.62. The molecule has 0 aromatic rings. The Balaban J connectivity index is 3.01. The number of rotatable bonds is 2. The zero-order valence-electron chi connectivity index (χ0n) is 9.50. The third-order valence-corrected chi connectivity index (χ3v) is 4.75. The van der Waals surface area contributed by atoms with Crippen molar-refractivity contribution in [3.05, 3.63) is 0 Å². The van der Waals surface area contributed by atoms with Crippen LogP contribution in [0.15, 0.2) is 0 Å². The Morgan fingerprint density at radius 2 is 2.00 bits per heavy atom. The van der Waals surface area contributed by atoms with Crippen LogP contribution < -0.4 is 5.73 Å². The summed E-state index contributed by atoms with van der Waals surface area (Å²) in [6, 6.07) is -0.748. The highest BCUT2D eigenvalue weighted by atomic mass is 16.4. The van der Waals surface area contributed by atoms with Crippen LogP contribution in [0.25, 0.3) is 0 Å². The van der Waals surface area contributed by atoms with Gasteiger partial charge in [0.15, 0.2) is 0 Å². The van der Waals surface area contributed by atoms with E-state index >= 15 is 0 Å². The van der Waals surface area contributed by atoms with Crippen LogP contribution in [0.5, 0.6) is 0 Å². The molecule has 0 amide bonds. The number of carboxylic acid groups (broad SMARTS) is 1. The molecule has 0 saturated heterocycles. The number of carbonyl (C=O) groups is 1. The Morgan fingerprint density at radius 3 is 2.29 bits per heavy atom. The Kier molecular flexibility index (Phi) is 2.65. The van der Waals surface area contributed by atoms with Gasteiger partial charge in [-0.15, -0.1) is 0 Å². The second-order valence-electron chi connectivity index (χ2n) is 5.39. The van der Waals surface area contributed by atoms with Gasteiger partial charge >= 0.3 is 5.97 Å². The minimum atomic E-state index is -0.880. The summed E-state index contributed by atoms with van der Waals surface area (Å²) >= 11 is 0. The minimum Gasteiger partial charge on any atom is -0.480 e. The highest BCUT2D eigenvalue weighted by molar-refractivity contribution is 5.74. The maximum Gasteiger partial charge on any atom is 0.321 e. The maximum atomic E-state index is 11.0. The molecule has 1 saturated carbocycles. The van der Waals surface area contributed by atoms with Gasteiger partial charge < -0.3 is 10.8 Å². The monoisotopic (exact) mass is 199 g/mol. The second-order valence-corrected chi connectivity index (χ2v) is 5.39. The van der Waals surface area contributed by atoms with E-state index in [-0.39, 0.29) is 10.8 Å². The molecule has 0 aromatic carbocycles. The molecule has 3 atom stereocenters. The standard InChI is InChI=1S/C11H21NO2/c1-7-5-6-11(4,10(7,2)3)8(12)9(13)14/h7-8H,5-6,12H2,1-4H3,(H,13,14)/t7-,8?,11-/m0/s1. The lowest BCUT2D eigenvalue weighted by Crippen LogP contribution is -2.51. The fraction of sp³-hybridized carbons (Fsp3) is 0.909. The molecule has 3 N–H and O–H groups in total. The summed E-state index contributed by atoms with van der Waals surface area (Å²) in [5.41, 5.74) is 5.52. The van der Waals surface area contributed by atoms with Crippen molar-refractivity contribution in [2.45, 2.75) is 46.6 Å². The molecule has 1 fully saturated rings. The normalized spacial score (nSPS) is 38.2. The molecule has 0 bridgehead atoms. The first-order valence-corrected chi connectivity index (χ1v) is 5.22. The van der Waals surface area contributed by atoms with E-state index < -0.39 is 12.0 Å². The van der Waals surface area contributed by atoms with Gasteiger partial charge in [0.05, 0.1) is 0 Å². The summed E-state index contributed by atoms with van der Waals surface area (Å²) in [4.78, 5) is 11.0. The first-order chi connectivity index (χ1) is 6.23. The fourth-order valence-electron chi connectivity index (χ4n) is 2.59. The summed E-state index contributed by atoms with van der Waals surface area (Å²) in [6.45, 7) is 8.45. The highest BCUT2D eigenvalue weighted by Gasteiger charge is 2.54. The van der Waals surface area contributed by atoms with E-state index in [1.807, 2.05) is 6.92 Å². The topological polar surface area (TPSA) is 63.3 Å². The van der Waals surface area contributed by atoms with Crippen LogP contribution in [0.3, 0.4) is 0 Å². The Morgan fingerprint density at radius 1 is 1.50 bits per heavy atom. The Bertz CT molecular complexity index is 250. The Labute approximate surface area is 85.7 Å². The van der Waals surface area contributed by atoms with Gasteiger partial charge in [-0.2, -0.15) is 0 Å². The summed E-state index contributed by atoms with van der Waals surface area (Å²) < 4.78 is 0. The van der Waals surface area contributed by atoms with Gasteiger partial charge in [0, 0.05) is 0 Å². The number of hydrogen-bond donors (Lipinski definition) is 2. The van der Waals surface area contributed by atoms with Crippen molar-refractivity contribution in [2.24, 2.45) is 22.5 Å². The predicted octanol–water partition coefficient (Wildman–Crippen LogP) is 1.86. The van der Waals surface area contributed by atoms with E-state index in [1.54, 1.807) is 0 Å². The van der Waals surface area contributed by atoms with Crippen LogP contribution in [-0.2, 0) is 4.79 Å². The largest absolute Gasteiger partial charge is 0.480 e. The summed E-state index contributed by atoms with van der Waals surface area (Å²) in [6.07, 6.45) is 1.99. The van der Waals surface area contributed by atoms with Crippen molar-refractivity contribution < 1.29 is 9.90 Å². The predicted molar refractivity (Wildman–Crippen MR) is 55.9 cm³/mol. The van der Waals surface area contributed by atoms with Gasteiger partial charge in [-0.05, 0) is 29.6 Å².